The first-order chi connectivity index (χ1) is 10.7. The van der Waals surface area contributed by atoms with E-state index in [9.17, 15) is 9.50 Å². The largest absolute Gasteiger partial charge is 0.389 e. The van der Waals surface area contributed by atoms with E-state index in [0.717, 1.165) is 12.8 Å². The zero-order valence-corrected chi connectivity index (χ0v) is 12.7. The average Bonchev–Trinajstić information content (AvgIpc) is 3.03. The van der Waals surface area contributed by atoms with Gasteiger partial charge in [0.1, 0.15) is 5.82 Å². The highest BCUT2D eigenvalue weighted by Crippen LogP contribution is 2.23. The lowest BCUT2D eigenvalue weighted by Crippen LogP contribution is -2.41. The molecule has 0 heterocycles. The van der Waals surface area contributed by atoms with E-state index in [-0.39, 0.29) is 19.0 Å². The summed E-state index contributed by atoms with van der Waals surface area (Å²) < 4.78 is 18.8. The molecule has 0 aromatic heterocycles. The highest BCUT2D eigenvalue weighted by Gasteiger charge is 2.24. The predicted molar refractivity (Wildman–Crippen MR) is 81.5 cm³/mol. The Bertz CT molecular complexity index is 498. The van der Waals surface area contributed by atoms with E-state index in [1.54, 1.807) is 18.2 Å². The molecule has 1 unspecified atom stereocenters. The van der Waals surface area contributed by atoms with Gasteiger partial charge >= 0.3 is 0 Å². The molecule has 1 aliphatic rings. The summed E-state index contributed by atoms with van der Waals surface area (Å²) in [6, 6.07) is 9.01. The first-order valence-electron chi connectivity index (χ1n) is 7.81. The molecule has 1 aliphatic carbocycles. The Labute approximate surface area is 131 Å². The Morgan fingerprint density at radius 1 is 1.36 bits per heavy atom. The molecule has 4 nitrogen and oxygen atoms in total. The van der Waals surface area contributed by atoms with Crippen LogP contribution in [-0.4, -0.2) is 41.8 Å². The number of hydrogen-bond acceptors (Lipinski definition) is 4. The van der Waals surface area contributed by atoms with Crippen molar-refractivity contribution in [1.29, 1.82) is 5.26 Å². The molecule has 0 aliphatic heterocycles. The van der Waals surface area contributed by atoms with E-state index in [1.807, 2.05) is 4.90 Å². The monoisotopic (exact) mass is 306 g/mol. The number of aliphatic hydroxyl groups is 1. The Kier molecular flexibility index (Phi) is 6.78. The molecule has 1 N–H and O–H groups in total. The van der Waals surface area contributed by atoms with Crippen molar-refractivity contribution in [2.24, 2.45) is 0 Å². The first kappa shape index (κ1) is 16.9. The lowest BCUT2D eigenvalue weighted by Gasteiger charge is -2.28. The minimum Gasteiger partial charge on any atom is -0.389 e. The van der Waals surface area contributed by atoms with Gasteiger partial charge < -0.3 is 9.84 Å². The summed E-state index contributed by atoms with van der Waals surface area (Å²) in [5.41, 5.74) is 0.486. The third-order valence-electron chi connectivity index (χ3n) is 4.09. The molecule has 22 heavy (non-hydrogen) atoms. The van der Waals surface area contributed by atoms with Crippen LogP contribution in [0, 0.1) is 17.1 Å². The summed E-state index contributed by atoms with van der Waals surface area (Å²) >= 11 is 0. The maximum absolute atomic E-state index is 13.4. The third-order valence-corrected chi connectivity index (χ3v) is 4.09. The summed E-state index contributed by atoms with van der Waals surface area (Å²) in [6.45, 7) is 1.04. The molecular weight excluding hydrogens is 283 g/mol. The quantitative estimate of drug-likeness (QED) is 0.750. The van der Waals surface area contributed by atoms with E-state index < -0.39 is 6.10 Å². The Hall–Kier alpha value is -1.48. The predicted octanol–water partition coefficient (Wildman–Crippen LogP) is 2.47. The SMILES string of the molecule is N#CCN(CC(O)COCc1ccccc1F)C1CCCC1. The van der Waals surface area contributed by atoms with Gasteiger partial charge in [0.15, 0.2) is 0 Å². The summed E-state index contributed by atoms with van der Waals surface area (Å²) in [7, 11) is 0. The zero-order chi connectivity index (χ0) is 15.8. The summed E-state index contributed by atoms with van der Waals surface area (Å²) in [6.07, 6.45) is 3.88. The van der Waals surface area contributed by atoms with Crippen LogP contribution in [0.1, 0.15) is 31.2 Å². The van der Waals surface area contributed by atoms with Gasteiger partial charge in [-0.2, -0.15) is 5.26 Å². The normalized spacial score (nSPS) is 16.8. The number of hydrogen-bond donors (Lipinski definition) is 1. The number of ether oxygens (including phenoxy) is 1. The van der Waals surface area contributed by atoms with Gasteiger partial charge in [0.05, 0.1) is 31.9 Å². The molecule has 1 fully saturated rings. The molecule has 0 amide bonds. The second kappa shape index (κ2) is 8.84. The van der Waals surface area contributed by atoms with Crippen molar-refractivity contribution < 1.29 is 14.2 Å². The second-order valence-corrected chi connectivity index (χ2v) is 5.79. The van der Waals surface area contributed by atoms with E-state index >= 15 is 0 Å². The van der Waals surface area contributed by atoms with Crippen molar-refractivity contribution in [1.82, 2.24) is 4.90 Å². The Morgan fingerprint density at radius 3 is 2.77 bits per heavy atom. The van der Waals surface area contributed by atoms with Gasteiger partial charge in [0.2, 0.25) is 0 Å². The molecular formula is C17H23FN2O2. The van der Waals surface area contributed by atoms with Crippen LogP contribution >= 0.6 is 0 Å². The molecule has 5 heteroatoms. The van der Waals surface area contributed by atoms with Crippen LogP contribution in [0.3, 0.4) is 0 Å². The Balaban J connectivity index is 1.75. The fraction of sp³-hybridized carbons (Fsp3) is 0.588. The molecule has 1 saturated carbocycles. The van der Waals surface area contributed by atoms with Gasteiger partial charge in [-0.25, -0.2) is 4.39 Å². The summed E-state index contributed by atoms with van der Waals surface area (Å²) in [4.78, 5) is 2.03. The van der Waals surface area contributed by atoms with Crippen LogP contribution in [0.25, 0.3) is 0 Å². The van der Waals surface area contributed by atoms with Crippen LogP contribution in [0.5, 0.6) is 0 Å². The smallest absolute Gasteiger partial charge is 0.128 e. The fourth-order valence-electron chi connectivity index (χ4n) is 2.95. The van der Waals surface area contributed by atoms with E-state index in [4.69, 9.17) is 10.00 Å². The van der Waals surface area contributed by atoms with Gasteiger partial charge in [-0.05, 0) is 18.9 Å². The van der Waals surface area contributed by atoms with E-state index in [1.165, 1.54) is 18.9 Å². The standard InChI is InChI=1S/C17H23FN2O2/c18-17-8-4-1-5-14(17)12-22-13-16(21)11-20(10-9-19)15-6-2-3-7-15/h1,4-5,8,15-16,21H,2-3,6-7,10-13H2. The van der Waals surface area contributed by atoms with Crippen LogP contribution in [0.2, 0.25) is 0 Å². The molecule has 120 valence electrons. The maximum atomic E-state index is 13.4. The molecule has 1 atom stereocenters. The lowest BCUT2D eigenvalue weighted by molar-refractivity contribution is 0.00467. The number of nitrogens with zero attached hydrogens (tertiary/aromatic N) is 2. The summed E-state index contributed by atoms with van der Waals surface area (Å²) in [5.74, 6) is -0.297. The van der Waals surface area contributed by atoms with Gasteiger partial charge in [-0.3, -0.25) is 4.90 Å². The minimum atomic E-state index is -0.666. The highest BCUT2D eigenvalue weighted by atomic mass is 19.1. The molecule has 2 rings (SSSR count). The maximum Gasteiger partial charge on any atom is 0.128 e. The van der Waals surface area contributed by atoms with Gasteiger partial charge in [0, 0.05) is 18.2 Å². The molecule has 0 spiro atoms. The third kappa shape index (κ3) is 5.06. The van der Waals surface area contributed by atoms with Crippen LogP contribution in [-0.2, 0) is 11.3 Å². The van der Waals surface area contributed by atoms with Crippen molar-refractivity contribution >= 4 is 0 Å². The molecule has 1 aromatic carbocycles. The molecule has 1 aromatic rings. The number of halogens is 1. The molecule has 0 saturated heterocycles. The number of benzene rings is 1. The fourth-order valence-corrected chi connectivity index (χ4v) is 2.95. The number of nitriles is 1. The van der Waals surface area contributed by atoms with Crippen molar-refractivity contribution in [2.75, 3.05) is 19.7 Å². The minimum absolute atomic E-state index is 0.142. The highest BCUT2D eigenvalue weighted by molar-refractivity contribution is 5.16. The van der Waals surface area contributed by atoms with Crippen molar-refractivity contribution in [3.8, 4) is 6.07 Å². The number of rotatable bonds is 8. The van der Waals surface area contributed by atoms with Gasteiger partial charge in [0.25, 0.3) is 0 Å². The average molecular weight is 306 g/mol. The zero-order valence-electron chi connectivity index (χ0n) is 12.7. The number of aliphatic hydroxyl groups excluding tert-OH is 1. The van der Waals surface area contributed by atoms with Gasteiger partial charge in [-0.15, -0.1) is 0 Å². The van der Waals surface area contributed by atoms with E-state index in [0.29, 0.717) is 24.7 Å². The Morgan fingerprint density at radius 2 is 2.09 bits per heavy atom. The van der Waals surface area contributed by atoms with Crippen molar-refractivity contribution in [3.05, 3.63) is 35.6 Å². The van der Waals surface area contributed by atoms with Crippen LogP contribution in [0.15, 0.2) is 24.3 Å². The van der Waals surface area contributed by atoms with E-state index in [2.05, 4.69) is 6.07 Å². The van der Waals surface area contributed by atoms with Crippen molar-refractivity contribution in [2.45, 2.75) is 44.4 Å². The molecule has 0 bridgehead atoms. The second-order valence-electron chi connectivity index (χ2n) is 5.79. The molecule has 0 radical (unpaired) electrons. The van der Waals surface area contributed by atoms with Crippen LogP contribution < -0.4 is 0 Å². The first-order valence-corrected chi connectivity index (χ1v) is 7.81. The lowest BCUT2D eigenvalue weighted by atomic mass is 10.2. The topological polar surface area (TPSA) is 56.5 Å². The summed E-state index contributed by atoms with van der Waals surface area (Å²) in [5, 5.41) is 19.0. The van der Waals surface area contributed by atoms with Gasteiger partial charge in [-0.1, -0.05) is 31.0 Å². The van der Waals surface area contributed by atoms with Crippen molar-refractivity contribution in [3.63, 3.8) is 0 Å². The van der Waals surface area contributed by atoms with Crippen LogP contribution in [0.4, 0.5) is 4.39 Å².